The summed E-state index contributed by atoms with van der Waals surface area (Å²) < 4.78 is 53.9. The van der Waals surface area contributed by atoms with E-state index in [4.69, 9.17) is 0 Å². The van der Waals surface area contributed by atoms with Gasteiger partial charge in [-0.25, -0.2) is 17.2 Å². The van der Waals surface area contributed by atoms with Gasteiger partial charge in [0.1, 0.15) is 11.6 Å². The highest BCUT2D eigenvalue weighted by atomic mass is 32.2. The number of sulfonamides is 1. The van der Waals surface area contributed by atoms with E-state index in [1.54, 1.807) is 18.2 Å². The summed E-state index contributed by atoms with van der Waals surface area (Å²) in [4.78, 5) is 12.2. The van der Waals surface area contributed by atoms with Crippen molar-refractivity contribution in [2.45, 2.75) is 17.9 Å². The van der Waals surface area contributed by atoms with Crippen molar-refractivity contribution in [2.75, 3.05) is 5.32 Å². The number of carbonyl (C=O) groups excluding carboxylic acids is 1. The normalized spacial score (nSPS) is 12.7. The Morgan fingerprint density at radius 1 is 0.963 bits per heavy atom. The number of anilines is 1. The summed E-state index contributed by atoms with van der Waals surface area (Å²) in [5, 5.41) is 3.86. The van der Waals surface area contributed by atoms with Gasteiger partial charge >= 0.3 is 0 Å². The van der Waals surface area contributed by atoms with Gasteiger partial charge in [-0.3, -0.25) is 4.79 Å². The summed E-state index contributed by atoms with van der Waals surface area (Å²) >= 11 is 0. The lowest BCUT2D eigenvalue weighted by Crippen LogP contribution is -2.41. The highest BCUT2D eigenvalue weighted by Gasteiger charge is 2.23. The molecule has 1 amide bonds. The van der Waals surface area contributed by atoms with Gasteiger partial charge in [0, 0.05) is 6.07 Å². The van der Waals surface area contributed by atoms with Gasteiger partial charge in [-0.1, -0.05) is 30.3 Å². The van der Waals surface area contributed by atoms with Crippen LogP contribution in [-0.4, -0.2) is 20.4 Å². The predicted octanol–water partition coefficient (Wildman–Crippen LogP) is 3.42. The van der Waals surface area contributed by atoms with E-state index in [0.717, 1.165) is 22.9 Å². The maximum atomic E-state index is 13.6. The van der Waals surface area contributed by atoms with Crippen LogP contribution in [0.25, 0.3) is 10.8 Å². The van der Waals surface area contributed by atoms with Crippen LogP contribution in [0.1, 0.15) is 6.92 Å². The van der Waals surface area contributed by atoms with Crippen LogP contribution < -0.4 is 10.0 Å². The molecule has 0 aliphatic heterocycles. The van der Waals surface area contributed by atoms with E-state index in [2.05, 4.69) is 10.0 Å². The van der Waals surface area contributed by atoms with Crippen molar-refractivity contribution in [3.8, 4) is 0 Å². The topological polar surface area (TPSA) is 75.3 Å². The van der Waals surface area contributed by atoms with Crippen molar-refractivity contribution in [1.82, 2.24) is 4.72 Å². The third-order valence-corrected chi connectivity index (χ3v) is 5.48. The van der Waals surface area contributed by atoms with E-state index in [0.29, 0.717) is 6.07 Å². The van der Waals surface area contributed by atoms with Crippen molar-refractivity contribution in [1.29, 1.82) is 0 Å². The quantitative estimate of drug-likeness (QED) is 0.701. The van der Waals surface area contributed by atoms with Gasteiger partial charge < -0.3 is 5.32 Å². The zero-order valence-corrected chi connectivity index (χ0v) is 15.1. The molecule has 140 valence electrons. The first-order valence-electron chi connectivity index (χ1n) is 8.03. The van der Waals surface area contributed by atoms with E-state index >= 15 is 0 Å². The number of hydrogen-bond acceptors (Lipinski definition) is 3. The van der Waals surface area contributed by atoms with Crippen LogP contribution in [0, 0.1) is 11.6 Å². The van der Waals surface area contributed by atoms with Crippen molar-refractivity contribution in [3.63, 3.8) is 0 Å². The minimum atomic E-state index is -3.97. The molecular formula is C19H16F2N2O3S. The average Bonchev–Trinajstić information content (AvgIpc) is 2.63. The van der Waals surface area contributed by atoms with Gasteiger partial charge in [-0.2, -0.15) is 4.72 Å². The molecule has 0 aliphatic carbocycles. The van der Waals surface area contributed by atoms with Crippen LogP contribution in [0.15, 0.2) is 65.6 Å². The summed E-state index contributed by atoms with van der Waals surface area (Å²) in [5.41, 5.74) is -0.238. The molecule has 0 saturated carbocycles. The third kappa shape index (κ3) is 4.29. The van der Waals surface area contributed by atoms with E-state index in [1.807, 2.05) is 12.1 Å². The lowest BCUT2D eigenvalue weighted by atomic mass is 10.1. The van der Waals surface area contributed by atoms with Crippen LogP contribution in [0.4, 0.5) is 14.5 Å². The standard InChI is InChI=1S/C19H16F2N2O3S/c1-12(19(24)22-18-9-7-15(20)11-17(18)21)23-27(25,26)16-8-6-13-4-2-3-5-14(13)10-16/h2-12,23H,1H3,(H,22,24)/t12-/m0/s1. The van der Waals surface area contributed by atoms with E-state index < -0.39 is 33.6 Å². The van der Waals surface area contributed by atoms with Gasteiger partial charge in [0.15, 0.2) is 0 Å². The molecule has 1 atom stereocenters. The fraction of sp³-hybridized carbons (Fsp3) is 0.105. The molecule has 27 heavy (non-hydrogen) atoms. The molecule has 0 unspecified atom stereocenters. The van der Waals surface area contributed by atoms with Crippen molar-refractivity contribution >= 4 is 32.4 Å². The molecule has 5 nitrogen and oxygen atoms in total. The lowest BCUT2D eigenvalue weighted by Gasteiger charge is -2.15. The smallest absolute Gasteiger partial charge is 0.242 e. The Bertz CT molecular complexity index is 1120. The first-order chi connectivity index (χ1) is 12.8. The number of amides is 1. The number of benzene rings is 3. The molecule has 3 rings (SSSR count). The highest BCUT2D eigenvalue weighted by molar-refractivity contribution is 7.89. The number of carbonyl (C=O) groups is 1. The molecule has 0 aromatic heterocycles. The fourth-order valence-electron chi connectivity index (χ4n) is 2.52. The third-order valence-electron chi connectivity index (χ3n) is 3.95. The molecule has 2 N–H and O–H groups in total. The Labute approximate surface area is 155 Å². The van der Waals surface area contributed by atoms with Gasteiger partial charge in [-0.15, -0.1) is 0 Å². The predicted molar refractivity (Wildman–Crippen MR) is 98.7 cm³/mol. The van der Waals surface area contributed by atoms with Crippen molar-refractivity contribution in [2.24, 2.45) is 0 Å². The number of hydrogen-bond donors (Lipinski definition) is 2. The molecule has 8 heteroatoms. The Balaban J connectivity index is 1.76. The van der Waals surface area contributed by atoms with Crippen LogP contribution in [0.5, 0.6) is 0 Å². The summed E-state index contributed by atoms with van der Waals surface area (Å²) in [5.74, 6) is -2.51. The SMILES string of the molecule is C[C@H](NS(=O)(=O)c1ccc2ccccc2c1)C(=O)Nc1ccc(F)cc1F. The van der Waals surface area contributed by atoms with Crippen molar-refractivity contribution < 1.29 is 22.0 Å². The van der Waals surface area contributed by atoms with Crippen LogP contribution in [-0.2, 0) is 14.8 Å². The highest BCUT2D eigenvalue weighted by Crippen LogP contribution is 2.19. The average molecular weight is 390 g/mol. The first kappa shape index (κ1) is 18.9. The lowest BCUT2D eigenvalue weighted by molar-refractivity contribution is -0.117. The second kappa shape index (κ2) is 7.42. The monoisotopic (exact) mass is 390 g/mol. The van der Waals surface area contributed by atoms with E-state index in [9.17, 15) is 22.0 Å². The van der Waals surface area contributed by atoms with Gasteiger partial charge in [-0.05, 0) is 42.0 Å². The molecule has 0 spiro atoms. The zero-order valence-electron chi connectivity index (χ0n) is 14.2. The first-order valence-corrected chi connectivity index (χ1v) is 9.51. The largest absolute Gasteiger partial charge is 0.322 e. The number of halogens is 2. The molecule has 0 saturated heterocycles. The summed E-state index contributed by atoms with van der Waals surface area (Å²) in [6.45, 7) is 1.33. The van der Waals surface area contributed by atoms with Crippen LogP contribution >= 0.6 is 0 Å². The molecule has 3 aromatic carbocycles. The Morgan fingerprint density at radius 2 is 1.67 bits per heavy atom. The fourth-order valence-corrected chi connectivity index (χ4v) is 3.76. The van der Waals surface area contributed by atoms with E-state index in [-0.39, 0.29) is 10.6 Å². The second-order valence-corrected chi connectivity index (χ2v) is 7.68. The Hall–Kier alpha value is -2.84. The van der Waals surface area contributed by atoms with Crippen LogP contribution in [0.3, 0.4) is 0 Å². The minimum Gasteiger partial charge on any atom is -0.322 e. The summed E-state index contributed by atoms with van der Waals surface area (Å²) in [6.07, 6.45) is 0. The molecule has 0 aliphatic rings. The maximum Gasteiger partial charge on any atom is 0.242 e. The molecule has 0 heterocycles. The molecule has 0 fully saturated rings. The van der Waals surface area contributed by atoms with Crippen molar-refractivity contribution in [3.05, 3.63) is 72.3 Å². The minimum absolute atomic E-state index is 0.00816. The summed E-state index contributed by atoms with van der Waals surface area (Å²) in [6, 6.07) is 13.4. The molecule has 0 radical (unpaired) electrons. The second-order valence-electron chi connectivity index (χ2n) is 5.97. The summed E-state index contributed by atoms with van der Waals surface area (Å²) in [7, 11) is -3.97. The van der Waals surface area contributed by atoms with Gasteiger partial charge in [0.05, 0.1) is 16.6 Å². The number of nitrogens with one attached hydrogen (secondary N) is 2. The van der Waals surface area contributed by atoms with Gasteiger partial charge in [0.2, 0.25) is 15.9 Å². The zero-order chi connectivity index (χ0) is 19.6. The molecule has 3 aromatic rings. The number of fused-ring (bicyclic) bond motifs is 1. The number of rotatable bonds is 5. The Kier molecular flexibility index (Phi) is 5.20. The van der Waals surface area contributed by atoms with Gasteiger partial charge in [0.25, 0.3) is 0 Å². The molecule has 0 bridgehead atoms. The maximum absolute atomic E-state index is 13.6. The Morgan fingerprint density at radius 3 is 2.37 bits per heavy atom. The van der Waals surface area contributed by atoms with Crippen LogP contribution in [0.2, 0.25) is 0 Å². The van der Waals surface area contributed by atoms with E-state index in [1.165, 1.54) is 19.1 Å². The molecular weight excluding hydrogens is 374 g/mol.